The van der Waals surface area contributed by atoms with Crippen LogP contribution in [0.4, 0.5) is 0 Å². The maximum Gasteiger partial charge on any atom is 0.242 e. The smallest absolute Gasteiger partial charge is 0.207 e. The van der Waals surface area contributed by atoms with Crippen molar-refractivity contribution in [3.8, 4) is 0 Å². The predicted octanol–water partition coefficient (Wildman–Crippen LogP) is 4.00. The molecule has 0 unspecified atom stereocenters. The Morgan fingerprint density at radius 1 is 1.05 bits per heavy atom. The van der Waals surface area contributed by atoms with Crippen LogP contribution in [0.2, 0.25) is 0 Å². The van der Waals surface area contributed by atoms with Crippen molar-refractivity contribution >= 4 is 41.9 Å². The van der Waals surface area contributed by atoms with E-state index in [9.17, 15) is 8.42 Å². The standard InChI is InChI=1S/C14H13Br2NO2S/c1-10-7-14(13(16)8-12(10)15)20(18,19)17-9-11-5-3-2-4-6-11/h2-8,17H,9H2,1H3. The lowest BCUT2D eigenvalue weighted by atomic mass is 10.2. The average molecular weight is 419 g/mol. The Labute approximate surface area is 135 Å². The zero-order chi connectivity index (χ0) is 14.8. The molecule has 0 bridgehead atoms. The summed E-state index contributed by atoms with van der Waals surface area (Å²) < 4.78 is 28.7. The lowest BCUT2D eigenvalue weighted by Gasteiger charge is -2.10. The second-order valence-electron chi connectivity index (χ2n) is 4.34. The van der Waals surface area contributed by atoms with Gasteiger partial charge >= 0.3 is 0 Å². The normalized spacial score (nSPS) is 11.6. The first-order valence-electron chi connectivity index (χ1n) is 5.89. The molecular weight excluding hydrogens is 406 g/mol. The van der Waals surface area contributed by atoms with Gasteiger partial charge in [-0.05, 0) is 46.1 Å². The Morgan fingerprint density at radius 2 is 1.70 bits per heavy atom. The molecule has 0 saturated carbocycles. The number of aryl methyl sites for hydroxylation is 1. The highest BCUT2D eigenvalue weighted by atomic mass is 79.9. The summed E-state index contributed by atoms with van der Waals surface area (Å²) in [7, 11) is -3.55. The van der Waals surface area contributed by atoms with Gasteiger partial charge in [0.05, 0.1) is 4.90 Å². The molecule has 0 aromatic heterocycles. The number of hydrogen-bond acceptors (Lipinski definition) is 2. The fourth-order valence-corrected chi connectivity index (χ4v) is 4.48. The van der Waals surface area contributed by atoms with Gasteiger partial charge in [-0.1, -0.05) is 46.3 Å². The summed E-state index contributed by atoms with van der Waals surface area (Å²) in [5, 5.41) is 0. The molecule has 0 spiro atoms. The van der Waals surface area contributed by atoms with Gasteiger partial charge < -0.3 is 0 Å². The number of halogens is 2. The second-order valence-corrected chi connectivity index (χ2v) is 7.79. The quantitative estimate of drug-likeness (QED) is 0.815. The minimum Gasteiger partial charge on any atom is -0.207 e. The molecule has 0 aliphatic carbocycles. The van der Waals surface area contributed by atoms with Crippen LogP contribution in [0.1, 0.15) is 11.1 Å². The molecule has 0 aliphatic rings. The lowest BCUT2D eigenvalue weighted by Crippen LogP contribution is -2.23. The fourth-order valence-electron chi connectivity index (χ4n) is 1.69. The number of sulfonamides is 1. The highest BCUT2D eigenvalue weighted by Crippen LogP contribution is 2.28. The highest BCUT2D eigenvalue weighted by Gasteiger charge is 2.18. The number of hydrogen-bond donors (Lipinski definition) is 1. The van der Waals surface area contributed by atoms with Gasteiger partial charge in [-0.3, -0.25) is 0 Å². The van der Waals surface area contributed by atoms with Crippen LogP contribution < -0.4 is 4.72 Å². The molecule has 0 heterocycles. The van der Waals surface area contributed by atoms with Crippen molar-refractivity contribution in [2.24, 2.45) is 0 Å². The van der Waals surface area contributed by atoms with Crippen molar-refractivity contribution in [2.45, 2.75) is 18.4 Å². The van der Waals surface area contributed by atoms with Crippen LogP contribution in [0.3, 0.4) is 0 Å². The highest BCUT2D eigenvalue weighted by molar-refractivity contribution is 9.11. The van der Waals surface area contributed by atoms with Crippen LogP contribution in [-0.4, -0.2) is 8.42 Å². The van der Waals surface area contributed by atoms with Crippen LogP contribution in [-0.2, 0) is 16.6 Å². The van der Waals surface area contributed by atoms with E-state index in [-0.39, 0.29) is 11.4 Å². The number of rotatable bonds is 4. The Kier molecular flexibility index (Phi) is 5.01. The molecule has 0 fully saturated rings. The van der Waals surface area contributed by atoms with Gasteiger partial charge in [-0.15, -0.1) is 0 Å². The summed E-state index contributed by atoms with van der Waals surface area (Å²) in [5.74, 6) is 0. The summed E-state index contributed by atoms with van der Waals surface area (Å²) in [6.07, 6.45) is 0. The van der Waals surface area contributed by atoms with Gasteiger partial charge in [-0.25, -0.2) is 13.1 Å². The van der Waals surface area contributed by atoms with E-state index in [0.29, 0.717) is 4.47 Å². The summed E-state index contributed by atoms with van der Waals surface area (Å²) in [6.45, 7) is 2.12. The number of benzene rings is 2. The maximum atomic E-state index is 12.3. The molecule has 2 aromatic rings. The van der Waals surface area contributed by atoms with Crippen molar-refractivity contribution in [3.05, 3.63) is 62.5 Å². The molecule has 2 aromatic carbocycles. The van der Waals surface area contributed by atoms with E-state index in [1.54, 1.807) is 12.1 Å². The van der Waals surface area contributed by atoms with Gasteiger partial charge in [0.15, 0.2) is 0 Å². The molecule has 0 saturated heterocycles. The van der Waals surface area contributed by atoms with Crippen LogP contribution in [0.5, 0.6) is 0 Å². The van der Waals surface area contributed by atoms with E-state index in [2.05, 4.69) is 36.6 Å². The summed E-state index contributed by atoms with van der Waals surface area (Å²) in [6, 6.07) is 12.8. The molecule has 1 N–H and O–H groups in total. The Morgan fingerprint density at radius 3 is 2.35 bits per heavy atom. The minimum atomic E-state index is -3.55. The monoisotopic (exact) mass is 417 g/mol. The first-order valence-corrected chi connectivity index (χ1v) is 8.96. The summed E-state index contributed by atoms with van der Waals surface area (Å²) in [5.41, 5.74) is 1.79. The largest absolute Gasteiger partial charge is 0.242 e. The van der Waals surface area contributed by atoms with Gasteiger partial charge in [-0.2, -0.15) is 0 Å². The summed E-state index contributed by atoms with van der Waals surface area (Å²) in [4.78, 5) is 0.245. The SMILES string of the molecule is Cc1cc(S(=O)(=O)NCc2ccccc2)c(Br)cc1Br. The van der Waals surface area contributed by atoms with Crippen LogP contribution >= 0.6 is 31.9 Å². The van der Waals surface area contributed by atoms with Gasteiger partial charge in [0, 0.05) is 15.5 Å². The van der Waals surface area contributed by atoms with Crippen LogP contribution in [0, 0.1) is 6.92 Å². The molecule has 20 heavy (non-hydrogen) atoms. The Bertz CT molecular complexity index is 715. The maximum absolute atomic E-state index is 12.3. The third-order valence-corrected chi connectivity index (χ3v) is 6.03. The molecule has 0 amide bonds. The molecule has 0 radical (unpaired) electrons. The topological polar surface area (TPSA) is 46.2 Å². The average Bonchev–Trinajstić information content (AvgIpc) is 2.42. The Hall–Kier alpha value is -0.690. The molecular formula is C14H13Br2NO2S. The van der Waals surface area contributed by atoms with Crippen molar-refractivity contribution < 1.29 is 8.42 Å². The molecule has 106 valence electrons. The third kappa shape index (κ3) is 3.69. The fraction of sp³-hybridized carbons (Fsp3) is 0.143. The zero-order valence-corrected chi connectivity index (χ0v) is 14.7. The molecule has 0 aliphatic heterocycles. The van der Waals surface area contributed by atoms with Crippen molar-refractivity contribution in [1.82, 2.24) is 4.72 Å². The van der Waals surface area contributed by atoms with E-state index in [0.717, 1.165) is 15.6 Å². The van der Waals surface area contributed by atoms with Gasteiger partial charge in [0.1, 0.15) is 0 Å². The molecule has 2 rings (SSSR count). The second kappa shape index (κ2) is 6.39. The molecule has 3 nitrogen and oxygen atoms in total. The summed E-state index contributed by atoms with van der Waals surface area (Å²) >= 11 is 6.67. The minimum absolute atomic E-state index is 0.245. The van der Waals surface area contributed by atoms with E-state index >= 15 is 0 Å². The van der Waals surface area contributed by atoms with Gasteiger partial charge in [0.25, 0.3) is 0 Å². The molecule has 0 atom stereocenters. The first kappa shape index (κ1) is 15.7. The number of nitrogens with one attached hydrogen (secondary N) is 1. The van der Waals surface area contributed by atoms with E-state index in [4.69, 9.17) is 0 Å². The van der Waals surface area contributed by atoms with Crippen molar-refractivity contribution in [2.75, 3.05) is 0 Å². The predicted molar refractivity (Wildman–Crippen MR) is 87.0 cm³/mol. The Balaban J connectivity index is 2.25. The van der Waals surface area contributed by atoms with Crippen LogP contribution in [0.25, 0.3) is 0 Å². The van der Waals surface area contributed by atoms with E-state index < -0.39 is 10.0 Å². The molecule has 6 heteroatoms. The van der Waals surface area contributed by atoms with Crippen molar-refractivity contribution in [1.29, 1.82) is 0 Å². The van der Waals surface area contributed by atoms with E-state index in [1.807, 2.05) is 37.3 Å². The lowest BCUT2D eigenvalue weighted by molar-refractivity contribution is 0.580. The van der Waals surface area contributed by atoms with E-state index in [1.165, 1.54) is 0 Å². The van der Waals surface area contributed by atoms with Crippen molar-refractivity contribution in [3.63, 3.8) is 0 Å². The van der Waals surface area contributed by atoms with Crippen LogP contribution in [0.15, 0.2) is 56.3 Å². The zero-order valence-electron chi connectivity index (χ0n) is 10.7. The first-order chi connectivity index (χ1) is 9.40. The third-order valence-electron chi connectivity index (χ3n) is 2.81. The van der Waals surface area contributed by atoms with Gasteiger partial charge in [0.2, 0.25) is 10.0 Å².